The molecule has 1 aliphatic carbocycles. The molecular weight excluding hydrogens is 1540 g/mol. The number of allylic oxidation sites excluding steroid dienone is 7. The molecule has 3 atom stereocenters. The number of para-hydroxylation sites is 2. The number of fused-ring (bicyclic) bond motifs is 2. The Balaban J connectivity index is 0.00000191. The first-order valence-corrected chi connectivity index (χ1v) is 41.2. The normalized spacial score (nSPS) is 15.4. The summed E-state index contributed by atoms with van der Waals surface area (Å²) in [5.41, 5.74) is 8.36. The Kier molecular flexibility index (Phi) is 40.6. The molecular formula is C72H93N7O26S5. The van der Waals surface area contributed by atoms with Crippen molar-refractivity contribution in [3.05, 3.63) is 155 Å². The third kappa shape index (κ3) is 34.4. The number of carboxylic acid groups (broad SMARTS) is 2. The number of unbranched alkanes of at least 4 members (excludes halogenated alkanes) is 7. The minimum absolute atomic E-state index is 0.00198. The molecule has 110 heavy (non-hydrogen) atoms. The highest BCUT2D eigenvalue weighted by Crippen LogP contribution is 2.48. The van der Waals surface area contributed by atoms with E-state index in [1.54, 1.807) is 37.4 Å². The topological polar surface area (TPSA) is 522 Å². The van der Waals surface area contributed by atoms with Crippen molar-refractivity contribution < 1.29 is 122 Å². The number of aliphatic carboxylic acids is 2. The maximum atomic E-state index is 14.1. The van der Waals surface area contributed by atoms with E-state index in [9.17, 15) is 64.9 Å². The molecule has 0 spiro atoms. The molecule has 7 rings (SSSR count). The van der Waals surface area contributed by atoms with Gasteiger partial charge in [-0.05, 0) is 138 Å². The largest absolute Gasteiger partial charge is 0.748 e. The van der Waals surface area contributed by atoms with Crippen LogP contribution >= 0.6 is 0 Å². The summed E-state index contributed by atoms with van der Waals surface area (Å²) in [5.74, 6) is -4.08. The van der Waals surface area contributed by atoms with Gasteiger partial charge in [-0.3, -0.25) is 23.7 Å². The molecule has 0 unspecified atom stereocenters. The van der Waals surface area contributed by atoms with Gasteiger partial charge in [0, 0.05) is 104 Å². The van der Waals surface area contributed by atoms with Crippen molar-refractivity contribution in [1.82, 2.24) is 25.9 Å². The van der Waals surface area contributed by atoms with Crippen LogP contribution in [0, 0.1) is 5.92 Å². The van der Waals surface area contributed by atoms with Crippen molar-refractivity contribution in [2.75, 3.05) is 36.0 Å². The molecule has 4 aromatic rings. The molecule has 0 fully saturated rings. The van der Waals surface area contributed by atoms with Gasteiger partial charge in [0.05, 0.1) is 39.6 Å². The van der Waals surface area contributed by atoms with E-state index >= 15 is 0 Å². The van der Waals surface area contributed by atoms with E-state index < -0.39 is 110 Å². The lowest BCUT2D eigenvalue weighted by Gasteiger charge is -2.28. The van der Waals surface area contributed by atoms with Crippen LogP contribution in [0.25, 0.3) is 0 Å². The number of aromatic nitrogens is 2. The average Bonchev–Trinajstić information content (AvgIpc) is 1.60. The number of urea groups is 1. The van der Waals surface area contributed by atoms with Crippen LogP contribution in [0.2, 0.25) is 0 Å². The molecule has 3 aliphatic rings. The van der Waals surface area contributed by atoms with Crippen molar-refractivity contribution in [2.24, 2.45) is 5.92 Å². The molecule has 7 N–H and O–H groups in total. The van der Waals surface area contributed by atoms with Crippen molar-refractivity contribution >= 4 is 111 Å². The van der Waals surface area contributed by atoms with Gasteiger partial charge in [0.2, 0.25) is 11.6 Å². The number of anilines is 1. The maximum absolute atomic E-state index is 14.1. The van der Waals surface area contributed by atoms with Gasteiger partial charge in [0.25, 0.3) is 10.1 Å². The molecule has 38 heteroatoms. The Morgan fingerprint density at radius 3 is 1.87 bits per heavy atom. The summed E-state index contributed by atoms with van der Waals surface area (Å²) in [6, 6.07) is 20.5. The number of hydrogen-bond donors (Lipinski definition) is 7. The van der Waals surface area contributed by atoms with Gasteiger partial charge < -0.3 is 45.3 Å². The Hall–Kier alpha value is -9.82. The number of amides is 3. The molecule has 602 valence electrons. The Labute approximate surface area is 642 Å². The van der Waals surface area contributed by atoms with Crippen LogP contribution in [0.3, 0.4) is 0 Å². The molecule has 0 saturated heterocycles. The van der Waals surface area contributed by atoms with E-state index in [0.29, 0.717) is 87.3 Å². The third-order valence-electron chi connectivity index (χ3n) is 17.9. The van der Waals surface area contributed by atoms with E-state index in [1.807, 2.05) is 30.3 Å². The van der Waals surface area contributed by atoms with Crippen molar-refractivity contribution in [2.45, 2.75) is 186 Å². The summed E-state index contributed by atoms with van der Waals surface area (Å²) >= 11 is 0. The zero-order valence-electron chi connectivity index (χ0n) is 61.4. The summed E-state index contributed by atoms with van der Waals surface area (Å²) in [7, 11) is -17.8. The van der Waals surface area contributed by atoms with Crippen LogP contribution in [0.5, 0.6) is 5.75 Å². The zero-order valence-corrected chi connectivity index (χ0v) is 65.5. The third-order valence-corrected chi connectivity index (χ3v) is 19.5. The van der Waals surface area contributed by atoms with Gasteiger partial charge in [-0.15, -0.1) is 37.9 Å². The molecule has 0 radical (unpaired) electrons. The van der Waals surface area contributed by atoms with Gasteiger partial charge >= 0.3 is 55.9 Å². The number of benzene rings is 3. The molecule has 3 aromatic carbocycles. The lowest BCUT2D eigenvalue weighted by Crippen LogP contribution is -2.46. The lowest BCUT2D eigenvalue weighted by atomic mass is 9.81. The van der Waals surface area contributed by atoms with Crippen molar-refractivity contribution in [3.8, 4) is 5.75 Å². The van der Waals surface area contributed by atoms with Gasteiger partial charge in [-0.2, -0.15) is 22.6 Å². The molecule has 3 heterocycles. The predicted octanol–water partition coefficient (Wildman–Crippen LogP) is 7.04. The molecule has 0 bridgehead atoms. The summed E-state index contributed by atoms with van der Waals surface area (Å²) in [4.78, 5) is 102. The minimum Gasteiger partial charge on any atom is -0.748 e. The highest BCUT2D eigenvalue weighted by molar-refractivity contribution is 7.86. The molecule has 3 amide bonds. The fourth-order valence-corrected chi connectivity index (χ4v) is 13.9. The Morgan fingerprint density at radius 2 is 1.29 bits per heavy atom. The highest BCUT2D eigenvalue weighted by atomic mass is 32.2. The summed E-state index contributed by atoms with van der Waals surface area (Å²) < 4.78 is 153. The smallest absolute Gasteiger partial charge is 0.425 e. The Morgan fingerprint density at radius 1 is 0.700 bits per heavy atom. The molecule has 0 saturated carbocycles. The molecule has 2 aliphatic heterocycles. The van der Waals surface area contributed by atoms with E-state index in [2.05, 4.69) is 106 Å². The van der Waals surface area contributed by atoms with E-state index in [0.717, 1.165) is 77.2 Å². The first kappa shape index (κ1) is 94.4. The van der Waals surface area contributed by atoms with Crippen LogP contribution in [0.4, 0.5) is 16.2 Å². The van der Waals surface area contributed by atoms with Crippen LogP contribution in [-0.2, 0) is 109 Å². The first-order chi connectivity index (χ1) is 51.8. The number of carbonyl (C=O) groups is 6. The second-order valence-corrected chi connectivity index (χ2v) is 30.9. The zero-order chi connectivity index (χ0) is 82.4. The summed E-state index contributed by atoms with van der Waals surface area (Å²) in [6.07, 6.45) is 19.7. The van der Waals surface area contributed by atoms with Crippen LogP contribution in [-0.4, -0.2) is 179 Å². The molecule has 1 aromatic heterocycles. The number of rotatable bonds is 39. The first-order valence-electron chi connectivity index (χ1n) is 35.0. The number of carbonyl (C=O) groups excluding carboxylic acids is 6. The minimum atomic E-state index is -4.38. The number of aromatic amines is 1. The number of nitrogens with one attached hydrogen (secondary N) is 4. The Bertz CT molecular complexity index is 4540. The number of imidazole rings is 1. The summed E-state index contributed by atoms with van der Waals surface area (Å²) in [5, 5.41) is 27.7. The van der Waals surface area contributed by atoms with Crippen LogP contribution in [0.1, 0.15) is 173 Å². The van der Waals surface area contributed by atoms with Gasteiger partial charge in [-0.25, -0.2) is 23.0 Å². The SMILES string of the molecule is CCNC(=O)N[C@@H](CCC(=O)CCCCCCCCC(=O)N[C@@H](Cc1cnc[nH]1)C(=O)C[C@@H](Cc1ccc(OC2=C(C=CC3=[N+](CCCCS(=O)(=O)O)c4ccccc4C3(C)C)CCCC2=CC=C2N(CCCCS(=O)(=O)[O-])c3ccccc3C2(C)C)cc1)C(=O)O)C(=O)O.O=C=O.O=S(=O)=O.O=S(=O)=O.O=S(=O)=O. The average molecular weight is 1630 g/mol. The fraction of sp³-hybridized carbons (Fsp3) is 0.486. The quantitative estimate of drug-likeness (QED) is 0.0134. The van der Waals surface area contributed by atoms with Gasteiger partial charge in [0.1, 0.15) is 29.9 Å². The van der Waals surface area contributed by atoms with Gasteiger partial charge in [0.15, 0.2) is 11.5 Å². The second-order valence-electron chi connectivity index (χ2n) is 26.6. The monoisotopic (exact) mass is 1630 g/mol. The predicted molar refractivity (Wildman–Crippen MR) is 396 cm³/mol. The number of hydrogen-bond acceptors (Lipinski definition) is 25. The van der Waals surface area contributed by atoms with E-state index in [4.69, 9.17) is 52.2 Å². The number of ether oxygens (including phenoxy) is 1. The maximum Gasteiger partial charge on any atom is 0.425 e. The number of Topliss-reactive ketones (excluding diaryl/α,β-unsaturated/α-hetero) is 2. The highest BCUT2D eigenvalue weighted by Gasteiger charge is 2.44. The van der Waals surface area contributed by atoms with E-state index in [1.165, 1.54) is 6.33 Å². The van der Waals surface area contributed by atoms with Crippen LogP contribution < -0.4 is 25.6 Å². The fourth-order valence-electron chi connectivity index (χ4n) is 12.8. The van der Waals surface area contributed by atoms with Crippen molar-refractivity contribution in [3.63, 3.8) is 0 Å². The van der Waals surface area contributed by atoms with Gasteiger partial charge in [-0.1, -0.05) is 94.1 Å². The number of ketones is 2. The second kappa shape index (κ2) is 47.3. The van der Waals surface area contributed by atoms with E-state index in [-0.39, 0.29) is 75.0 Å². The molecule has 33 nitrogen and oxygen atoms in total. The lowest BCUT2D eigenvalue weighted by molar-refractivity contribution is -0.438. The summed E-state index contributed by atoms with van der Waals surface area (Å²) in [6.45, 7) is 11.6. The number of nitrogens with zero attached hydrogens (tertiary/aromatic N) is 3. The number of H-pyrrole nitrogens is 1. The number of carboxylic acids is 2. The van der Waals surface area contributed by atoms with Crippen molar-refractivity contribution in [1.29, 1.82) is 0 Å². The standard InChI is InChI=1S/C71H93N7O15S2.CO2.3O3S/c1-6-73-69(86)76-58(68(84)85)37-34-54(79)24-11-9-7-8-10-12-29-65(81)75-59(46-53-47-72-48-74-53)62(80)45-52(67(82)83)44-49-30-35-55(36-31-49)93-66-50(32-38-63-70(2,3)56-25-13-15-27-60(56)77(63)40-17-19-42-94(87,88)89)22-21-23-51(66)33-39-64-71(4,5)57-26-14-16-28-61(57)78(64)41-18-20-43-95(90,91)92;2-1-3;3*1-4(2)3/h13-16,25-28,30-33,35-36,38-39,47-48,52,58-59H,6-12,17-24,29,34,37,40-46H2,1-5H3,(H7-,72,73,74,75,76,81,82,83,84,85,86,87,88,89,90,91,92);;;;/t52-,58+,59+;;;;/m1..../s1. The van der Waals surface area contributed by atoms with Crippen LogP contribution in [0.15, 0.2) is 132 Å².